The molecule has 32 nitrogen and oxygen atoms in total. The van der Waals surface area contributed by atoms with Crippen LogP contribution in [0.3, 0.4) is 0 Å². The minimum absolute atomic E-state index is 0.785. The maximum absolute atomic E-state index is 13.0. The Hall–Kier alpha value is -2.18. The third-order valence-electron chi connectivity index (χ3n) is 13.2. The van der Waals surface area contributed by atoms with Crippen molar-refractivity contribution in [3.8, 4) is 0 Å². The summed E-state index contributed by atoms with van der Waals surface area (Å²) in [5, 5.41) is 186. The third kappa shape index (κ3) is 12.6. The van der Waals surface area contributed by atoms with Gasteiger partial charge < -0.3 is 150 Å². The number of hydrogen-bond donors (Lipinski definition) is 19. The molecule has 6 heterocycles. The highest BCUT2D eigenvalue weighted by Crippen LogP contribution is 2.37. The van der Waals surface area contributed by atoms with E-state index in [4.69, 9.17) is 52.1 Å². The lowest BCUT2D eigenvalue weighted by atomic mass is 9.93. The van der Waals surface area contributed by atoms with Crippen LogP contribution in [0, 0.1) is 0 Å². The minimum atomic E-state index is -2.26. The minimum Gasteiger partial charge on any atom is -0.394 e. The van der Waals surface area contributed by atoms with Gasteiger partial charge in [0.05, 0.1) is 39.1 Å². The van der Waals surface area contributed by atoms with Crippen molar-refractivity contribution in [3.63, 3.8) is 0 Å². The number of carbonyl (C=O) groups excluding carboxylic acids is 2. The smallest absolute Gasteiger partial charge is 0.217 e. The summed E-state index contributed by atoms with van der Waals surface area (Å²) in [4.78, 5) is 25.3. The lowest BCUT2D eigenvalue weighted by molar-refractivity contribution is -0.389. The molecule has 0 spiro atoms. The van der Waals surface area contributed by atoms with E-state index in [9.17, 15) is 96.4 Å². The number of aliphatic hydroxyl groups excluding tert-OH is 17. The number of hydrogen-bond acceptors (Lipinski definition) is 30. The first-order valence-electron chi connectivity index (χ1n) is 23.0. The summed E-state index contributed by atoms with van der Waals surface area (Å²) in [6, 6.07) is -3.50. The Bertz CT molecular complexity index is 1730. The topological polar surface area (TPSA) is 504 Å². The van der Waals surface area contributed by atoms with Gasteiger partial charge in [-0.2, -0.15) is 0 Å². The molecule has 32 heteroatoms. The average molecular weight is 1060 g/mol. The largest absolute Gasteiger partial charge is 0.394 e. The maximum atomic E-state index is 13.0. The van der Waals surface area contributed by atoms with E-state index < -0.39 is 229 Å². The molecule has 6 aliphatic rings. The van der Waals surface area contributed by atoms with Gasteiger partial charge in [-0.05, 0) is 6.92 Å². The molecule has 6 rings (SSSR count). The summed E-state index contributed by atoms with van der Waals surface area (Å²) in [5.74, 6) is -1.68. The molecular weight excluding hydrogens is 988 g/mol. The van der Waals surface area contributed by atoms with Crippen LogP contribution < -0.4 is 10.6 Å². The van der Waals surface area contributed by atoms with Crippen molar-refractivity contribution < 1.29 is 149 Å². The van der Waals surface area contributed by atoms with Crippen molar-refractivity contribution in [2.45, 2.75) is 205 Å². The summed E-state index contributed by atoms with van der Waals surface area (Å²) >= 11 is 0. The molecule has 19 N–H and O–H groups in total. The van der Waals surface area contributed by atoms with Crippen LogP contribution >= 0.6 is 0 Å². The van der Waals surface area contributed by atoms with Gasteiger partial charge in [-0.3, -0.25) is 9.59 Å². The van der Waals surface area contributed by atoms with Crippen molar-refractivity contribution in [2.24, 2.45) is 0 Å². The summed E-state index contributed by atoms with van der Waals surface area (Å²) in [6.07, 6.45) is -52.2. The number of aliphatic hydroxyl groups is 17. The van der Waals surface area contributed by atoms with Gasteiger partial charge in [0.2, 0.25) is 11.8 Å². The number of nitrogens with one attached hydrogen (secondary N) is 2. The Labute approximate surface area is 408 Å². The van der Waals surface area contributed by atoms with Crippen LogP contribution in [0.5, 0.6) is 0 Å². The van der Waals surface area contributed by atoms with Crippen LogP contribution in [0.4, 0.5) is 0 Å². The third-order valence-corrected chi connectivity index (χ3v) is 13.2. The van der Waals surface area contributed by atoms with Crippen LogP contribution in [0.15, 0.2) is 0 Å². The van der Waals surface area contributed by atoms with E-state index in [0.717, 1.165) is 13.8 Å². The quantitative estimate of drug-likeness (QED) is 0.0643. The SMILES string of the molecule is CC(=O)N[C@H]1[C@H](O[C@H]2[C@@H](O)[C@@H](CO)O[C@@H](O[C@H]3[C@@H](O)[C@@H](CO[C@@H]4O[C@H](CO)[C@H](O)[C@H](O)[C@H]4O)OC(O)[C@@H]3NC(C)=O)[C@@H]2O)O[C@H](CO)[C@@H](O[C@@H]2O[C@H](CO)[C@H](O)[C@H](O)[C@H]2O)[C@@H]1O[C@@H]1O[C@@H](C)[C@@H](O)[C@@H](O)[C@@H]1O. The normalized spacial score (nSPS) is 50.3. The van der Waals surface area contributed by atoms with E-state index in [1.165, 1.54) is 6.92 Å². The molecular formula is C40H68N2O30. The molecule has 1 unspecified atom stereocenters. The Morgan fingerprint density at radius 2 is 0.792 bits per heavy atom. The molecule has 0 aromatic heterocycles. The van der Waals surface area contributed by atoms with Crippen LogP contribution in [0.1, 0.15) is 20.8 Å². The molecule has 30 atom stereocenters. The monoisotopic (exact) mass is 1060 g/mol. The summed E-state index contributed by atoms with van der Waals surface area (Å²) < 4.78 is 63.4. The van der Waals surface area contributed by atoms with Crippen molar-refractivity contribution in [1.29, 1.82) is 0 Å². The molecule has 0 bridgehead atoms. The summed E-state index contributed by atoms with van der Waals surface area (Å²) in [7, 11) is 0. The lowest BCUT2D eigenvalue weighted by Crippen LogP contribution is -2.71. The fourth-order valence-corrected chi connectivity index (χ4v) is 9.15. The molecule has 72 heavy (non-hydrogen) atoms. The second-order valence-electron chi connectivity index (χ2n) is 18.3. The molecule has 0 aliphatic carbocycles. The second kappa shape index (κ2) is 25.3. The van der Waals surface area contributed by atoms with Crippen molar-refractivity contribution in [2.75, 3.05) is 33.0 Å². The van der Waals surface area contributed by atoms with Gasteiger partial charge in [-0.1, -0.05) is 0 Å². The van der Waals surface area contributed by atoms with E-state index in [2.05, 4.69) is 10.6 Å². The van der Waals surface area contributed by atoms with Crippen molar-refractivity contribution in [3.05, 3.63) is 0 Å². The van der Waals surface area contributed by atoms with Gasteiger partial charge in [0.15, 0.2) is 37.7 Å². The second-order valence-corrected chi connectivity index (χ2v) is 18.3. The number of amides is 2. The Morgan fingerprint density at radius 1 is 0.389 bits per heavy atom. The molecule has 6 saturated heterocycles. The Balaban J connectivity index is 1.30. The standard InChI is InChI=1S/C40H68N2O30/c1-9-19(49)24(54)28(58)38(63-9)71-33-18(42-11(3)48)36(68-15(7-46)31(33)69-39-29(59)26(56)21(51)13(5-44)66-39)72-34-22(52)14(6-45)67-40(30(34)60)70-32-17(41-10(2)47)35(61)64-16(23(32)53)8-62-37-27(57)25(55)20(50)12(4-43)65-37/h9,12-40,43-46,49-61H,4-8H2,1-3H3,(H,41,47)(H,42,48)/t9-,12+,13+,14+,15+,16+,17+,18+,19+,20-,21-,22-,23-,24+,25-,26-,27+,28-,29+,30+,31+,32+,33+,34-,35?,36-,37+,38-,39-,40-/m0/s1. The van der Waals surface area contributed by atoms with Crippen LogP contribution in [-0.2, 0) is 61.7 Å². The zero-order valence-corrected chi connectivity index (χ0v) is 38.8. The molecule has 418 valence electrons. The fraction of sp³-hybridized carbons (Fsp3) is 0.950. The molecule has 6 fully saturated rings. The first-order valence-corrected chi connectivity index (χ1v) is 23.0. The number of carbonyl (C=O) groups is 2. The van der Waals surface area contributed by atoms with Gasteiger partial charge in [0, 0.05) is 13.8 Å². The lowest BCUT2D eigenvalue weighted by Gasteiger charge is -2.51. The maximum Gasteiger partial charge on any atom is 0.217 e. The molecule has 2 amide bonds. The Kier molecular flexibility index (Phi) is 20.8. The van der Waals surface area contributed by atoms with Crippen molar-refractivity contribution >= 4 is 11.8 Å². The predicted molar refractivity (Wildman–Crippen MR) is 221 cm³/mol. The first kappa shape index (κ1) is 59.1. The number of rotatable bonds is 17. The highest BCUT2D eigenvalue weighted by atomic mass is 16.8. The predicted octanol–water partition coefficient (Wildman–Crippen LogP) is -12.8. The highest BCUT2D eigenvalue weighted by molar-refractivity contribution is 5.73. The molecule has 0 saturated carbocycles. The van der Waals surface area contributed by atoms with Gasteiger partial charge >= 0.3 is 0 Å². The van der Waals surface area contributed by atoms with E-state index in [-0.39, 0.29) is 0 Å². The van der Waals surface area contributed by atoms with Crippen molar-refractivity contribution in [1.82, 2.24) is 10.6 Å². The number of ether oxygens (including phenoxy) is 11. The van der Waals surface area contributed by atoms with Crippen LogP contribution in [-0.4, -0.2) is 316 Å². The van der Waals surface area contributed by atoms with E-state index >= 15 is 0 Å². The van der Waals surface area contributed by atoms with E-state index in [1.807, 2.05) is 0 Å². The summed E-state index contributed by atoms with van der Waals surface area (Å²) in [6.45, 7) is -1.29. The highest BCUT2D eigenvalue weighted by Gasteiger charge is 2.58. The van der Waals surface area contributed by atoms with Gasteiger partial charge in [-0.25, -0.2) is 0 Å². The van der Waals surface area contributed by atoms with Crippen LogP contribution in [0.2, 0.25) is 0 Å². The molecule has 0 radical (unpaired) electrons. The van der Waals surface area contributed by atoms with Gasteiger partial charge in [0.1, 0.15) is 140 Å². The summed E-state index contributed by atoms with van der Waals surface area (Å²) in [5.41, 5.74) is 0. The molecule has 6 aliphatic heterocycles. The van der Waals surface area contributed by atoms with Gasteiger partial charge in [-0.15, -0.1) is 0 Å². The molecule has 0 aromatic rings. The van der Waals surface area contributed by atoms with E-state index in [1.54, 1.807) is 0 Å². The fourth-order valence-electron chi connectivity index (χ4n) is 9.15. The molecule has 0 aromatic carbocycles. The van der Waals surface area contributed by atoms with E-state index in [0.29, 0.717) is 0 Å². The first-order chi connectivity index (χ1) is 34.0. The average Bonchev–Trinajstić information content (AvgIpc) is 3.34. The zero-order chi connectivity index (χ0) is 53.2. The van der Waals surface area contributed by atoms with Crippen LogP contribution in [0.25, 0.3) is 0 Å². The zero-order valence-electron chi connectivity index (χ0n) is 38.8. The Morgan fingerprint density at radius 3 is 1.33 bits per heavy atom. The van der Waals surface area contributed by atoms with Gasteiger partial charge in [0.25, 0.3) is 0 Å².